The first-order valence-corrected chi connectivity index (χ1v) is 10.6. The van der Waals surface area contributed by atoms with Gasteiger partial charge in [0.15, 0.2) is 0 Å². The summed E-state index contributed by atoms with van der Waals surface area (Å²) >= 11 is 0. The molecule has 3 N–H and O–H groups in total. The minimum atomic E-state index is -1.10. The second-order valence-electron chi connectivity index (χ2n) is 8.09. The van der Waals surface area contributed by atoms with Gasteiger partial charge in [0.25, 0.3) is 0 Å². The lowest BCUT2D eigenvalue weighted by atomic mass is 9.98. The summed E-state index contributed by atoms with van der Waals surface area (Å²) in [6.45, 7) is 0.101. The van der Waals surface area contributed by atoms with E-state index in [1.54, 1.807) is 0 Å². The molecule has 164 valence electrons. The van der Waals surface area contributed by atoms with Crippen LogP contribution in [0.3, 0.4) is 0 Å². The molecule has 1 fully saturated rings. The second-order valence-corrected chi connectivity index (χ2v) is 8.09. The lowest BCUT2D eigenvalue weighted by Gasteiger charge is -2.20. The molecule has 7 heteroatoms. The van der Waals surface area contributed by atoms with Crippen molar-refractivity contribution < 1.29 is 24.2 Å². The Balaban J connectivity index is 1.39. The van der Waals surface area contributed by atoms with Gasteiger partial charge in [-0.2, -0.15) is 0 Å². The summed E-state index contributed by atoms with van der Waals surface area (Å²) in [7, 11) is 0. The number of carbonyl (C=O) groups is 3. The Hall–Kier alpha value is -3.79. The standard InChI is InChI=1S/C25H24N2O5/c1-2-7-21(23(28)27-22(24(29)30)15-12-13-15)26-25(31)32-14-20-18-10-5-3-8-16(18)17-9-4-6-11-19(17)20/h1,3-6,8-11,15,20-22H,7,12-14H2,(H,26,31)(H,27,28)(H,29,30). The van der Waals surface area contributed by atoms with E-state index in [4.69, 9.17) is 11.2 Å². The SMILES string of the molecule is C#CCC(NC(=O)OCC1c2ccccc2-c2ccccc21)C(=O)NC(C(=O)O)C1CC1. The molecule has 2 atom stereocenters. The molecule has 2 aromatic rings. The third kappa shape index (κ3) is 4.45. The predicted octanol–water partition coefficient (Wildman–Crippen LogP) is 2.90. The van der Waals surface area contributed by atoms with E-state index in [1.165, 1.54) is 0 Å². The van der Waals surface area contributed by atoms with Crippen molar-refractivity contribution in [2.45, 2.75) is 37.3 Å². The van der Waals surface area contributed by atoms with Gasteiger partial charge in [-0.05, 0) is 41.0 Å². The monoisotopic (exact) mass is 432 g/mol. The minimum Gasteiger partial charge on any atom is -0.480 e. The van der Waals surface area contributed by atoms with Crippen molar-refractivity contribution in [3.8, 4) is 23.5 Å². The van der Waals surface area contributed by atoms with Gasteiger partial charge in [0.2, 0.25) is 5.91 Å². The van der Waals surface area contributed by atoms with Crippen LogP contribution in [0.2, 0.25) is 0 Å². The van der Waals surface area contributed by atoms with Gasteiger partial charge in [0.05, 0.1) is 0 Å². The number of hydrogen-bond donors (Lipinski definition) is 3. The summed E-state index contributed by atoms with van der Waals surface area (Å²) in [6.07, 6.45) is 5.99. The average molecular weight is 432 g/mol. The molecule has 4 rings (SSSR count). The van der Waals surface area contributed by atoms with Gasteiger partial charge in [-0.25, -0.2) is 9.59 Å². The highest BCUT2D eigenvalue weighted by molar-refractivity contribution is 5.89. The number of terminal acetylenes is 1. The van der Waals surface area contributed by atoms with Crippen LogP contribution in [-0.4, -0.2) is 41.8 Å². The van der Waals surface area contributed by atoms with E-state index >= 15 is 0 Å². The smallest absolute Gasteiger partial charge is 0.407 e. The maximum Gasteiger partial charge on any atom is 0.407 e. The summed E-state index contributed by atoms with van der Waals surface area (Å²) in [5, 5.41) is 14.3. The zero-order valence-electron chi connectivity index (χ0n) is 17.4. The molecule has 0 aliphatic heterocycles. The Morgan fingerprint density at radius 1 is 1.03 bits per heavy atom. The molecule has 1 saturated carbocycles. The highest BCUT2D eigenvalue weighted by Crippen LogP contribution is 2.44. The zero-order valence-corrected chi connectivity index (χ0v) is 17.4. The number of rotatable bonds is 8. The topological polar surface area (TPSA) is 105 Å². The fourth-order valence-electron chi connectivity index (χ4n) is 4.17. The molecule has 0 saturated heterocycles. The number of hydrogen-bond acceptors (Lipinski definition) is 4. The van der Waals surface area contributed by atoms with E-state index in [-0.39, 0.29) is 24.9 Å². The third-order valence-corrected chi connectivity index (χ3v) is 5.93. The van der Waals surface area contributed by atoms with Crippen LogP contribution in [0, 0.1) is 18.3 Å². The van der Waals surface area contributed by atoms with Gasteiger partial charge < -0.3 is 20.5 Å². The number of fused-ring (bicyclic) bond motifs is 3. The minimum absolute atomic E-state index is 0.0764. The molecule has 7 nitrogen and oxygen atoms in total. The number of alkyl carbamates (subject to hydrolysis) is 1. The van der Waals surface area contributed by atoms with Crippen molar-refractivity contribution in [3.05, 3.63) is 59.7 Å². The number of benzene rings is 2. The van der Waals surface area contributed by atoms with Crippen LogP contribution < -0.4 is 10.6 Å². The number of ether oxygens (including phenoxy) is 1. The van der Waals surface area contributed by atoms with Crippen LogP contribution in [0.5, 0.6) is 0 Å². The molecule has 2 aliphatic rings. The molecule has 0 spiro atoms. The van der Waals surface area contributed by atoms with Gasteiger partial charge in [0.1, 0.15) is 18.7 Å². The number of amides is 2. The molecular formula is C25H24N2O5. The molecule has 2 unspecified atom stereocenters. The first-order chi connectivity index (χ1) is 15.5. The lowest BCUT2D eigenvalue weighted by Crippen LogP contribution is -2.52. The van der Waals surface area contributed by atoms with Gasteiger partial charge in [0, 0.05) is 12.3 Å². The normalized spacial score (nSPS) is 16.1. The van der Waals surface area contributed by atoms with E-state index in [2.05, 4.69) is 16.6 Å². The van der Waals surface area contributed by atoms with Crippen molar-refractivity contribution in [2.75, 3.05) is 6.61 Å². The summed E-state index contributed by atoms with van der Waals surface area (Å²) in [6, 6.07) is 13.9. The number of nitrogens with one attached hydrogen (secondary N) is 2. The van der Waals surface area contributed by atoms with Crippen molar-refractivity contribution in [3.63, 3.8) is 0 Å². The van der Waals surface area contributed by atoms with Crippen molar-refractivity contribution in [2.24, 2.45) is 5.92 Å². The van der Waals surface area contributed by atoms with Crippen LogP contribution in [0.4, 0.5) is 4.79 Å². The maximum absolute atomic E-state index is 12.6. The molecule has 32 heavy (non-hydrogen) atoms. The molecule has 2 aliphatic carbocycles. The van der Waals surface area contributed by atoms with E-state index in [0.29, 0.717) is 0 Å². The summed E-state index contributed by atoms with van der Waals surface area (Å²) < 4.78 is 5.46. The highest BCUT2D eigenvalue weighted by Gasteiger charge is 2.38. The number of carbonyl (C=O) groups excluding carboxylic acids is 2. The maximum atomic E-state index is 12.6. The Morgan fingerprint density at radius 2 is 1.62 bits per heavy atom. The van der Waals surface area contributed by atoms with E-state index in [0.717, 1.165) is 35.1 Å². The van der Waals surface area contributed by atoms with Gasteiger partial charge >= 0.3 is 12.1 Å². The summed E-state index contributed by atoms with van der Waals surface area (Å²) in [4.78, 5) is 36.4. The van der Waals surface area contributed by atoms with Crippen molar-refractivity contribution >= 4 is 18.0 Å². The number of carboxylic acid groups (broad SMARTS) is 1. The van der Waals surface area contributed by atoms with Crippen LogP contribution in [0.1, 0.15) is 36.3 Å². The first-order valence-electron chi connectivity index (χ1n) is 10.6. The molecule has 2 aromatic carbocycles. The molecule has 2 amide bonds. The molecule has 0 heterocycles. The van der Waals surface area contributed by atoms with Gasteiger partial charge in [-0.15, -0.1) is 12.3 Å². The van der Waals surface area contributed by atoms with E-state index < -0.39 is 30.1 Å². The van der Waals surface area contributed by atoms with Gasteiger partial charge in [-0.3, -0.25) is 4.79 Å². The molecular weight excluding hydrogens is 408 g/mol. The van der Waals surface area contributed by atoms with Gasteiger partial charge in [-0.1, -0.05) is 48.5 Å². The van der Waals surface area contributed by atoms with Crippen molar-refractivity contribution in [1.82, 2.24) is 10.6 Å². The number of carboxylic acids is 1. The van der Waals surface area contributed by atoms with Crippen LogP contribution in [0.25, 0.3) is 11.1 Å². The lowest BCUT2D eigenvalue weighted by molar-refractivity contribution is -0.142. The van der Waals surface area contributed by atoms with Crippen LogP contribution in [-0.2, 0) is 14.3 Å². The Bertz CT molecular complexity index is 1040. The zero-order chi connectivity index (χ0) is 22.7. The molecule has 0 radical (unpaired) electrons. The largest absolute Gasteiger partial charge is 0.480 e. The predicted molar refractivity (Wildman–Crippen MR) is 118 cm³/mol. The molecule has 0 bridgehead atoms. The first kappa shape index (κ1) is 21.4. The van der Waals surface area contributed by atoms with Crippen LogP contribution in [0.15, 0.2) is 48.5 Å². The summed E-state index contributed by atoms with van der Waals surface area (Å²) in [5.41, 5.74) is 4.38. The summed E-state index contributed by atoms with van der Waals surface area (Å²) in [5.74, 6) is 0.424. The quantitative estimate of drug-likeness (QED) is 0.557. The van der Waals surface area contributed by atoms with E-state index in [9.17, 15) is 19.5 Å². The Labute approximate surface area is 186 Å². The fraction of sp³-hybridized carbons (Fsp3) is 0.320. The van der Waals surface area contributed by atoms with Crippen molar-refractivity contribution in [1.29, 1.82) is 0 Å². The average Bonchev–Trinajstić information content (AvgIpc) is 3.58. The second kappa shape index (κ2) is 9.15. The van der Waals surface area contributed by atoms with E-state index in [1.807, 2.05) is 48.5 Å². The van der Waals surface area contributed by atoms with Crippen LogP contribution >= 0.6 is 0 Å². The highest BCUT2D eigenvalue weighted by atomic mass is 16.5. The fourth-order valence-corrected chi connectivity index (χ4v) is 4.17. The third-order valence-electron chi connectivity index (χ3n) is 5.93. The number of aliphatic carboxylic acids is 1. The Morgan fingerprint density at radius 3 is 2.16 bits per heavy atom. The molecule has 0 aromatic heterocycles. The Kier molecular flexibility index (Phi) is 6.13.